The molecule has 0 atom stereocenters. The van der Waals surface area contributed by atoms with Gasteiger partial charge in [0.2, 0.25) is 0 Å². The summed E-state index contributed by atoms with van der Waals surface area (Å²) in [6.07, 6.45) is 0.0277. The second-order valence-corrected chi connectivity index (χ2v) is 4.94. The molecule has 0 saturated carbocycles. The van der Waals surface area contributed by atoms with Gasteiger partial charge in [-0.1, -0.05) is 64.5 Å². The van der Waals surface area contributed by atoms with E-state index in [2.05, 4.69) is 63.7 Å². The fourth-order valence-corrected chi connectivity index (χ4v) is 2.03. The lowest BCUT2D eigenvalue weighted by Gasteiger charge is -2.03. The van der Waals surface area contributed by atoms with Crippen LogP contribution in [-0.2, 0) is 6.42 Å². The molecule has 4 heteroatoms. The van der Waals surface area contributed by atoms with Gasteiger partial charge in [-0.05, 0) is 30.5 Å². The van der Waals surface area contributed by atoms with Crippen LogP contribution in [0.3, 0.4) is 0 Å². The first kappa shape index (κ1) is 16.2. The lowest BCUT2D eigenvalue weighted by atomic mass is 10.1. The minimum absolute atomic E-state index is 0.481. The highest BCUT2D eigenvalue weighted by molar-refractivity contribution is 9.10. The van der Waals surface area contributed by atoms with Gasteiger partial charge in [-0.25, -0.2) is 4.79 Å². The zero-order valence-corrected chi connectivity index (χ0v) is 12.9. The summed E-state index contributed by atoms with van der Waals surface area (Å²) in [4.78, 5) is 9.49. The molecular weight excluding hydrogens is 318 g/mol. The van der Waals surface area contributed by atoms with E-state index < -0.39 is 6.09 Å². The Bertz CT molecular complexity index is 529. The lowest BCUT2D eigenvalue weighted by molar-refractivity contribution is 0.195. The van der Waals surface area contributed by atoms with Gasteiger partial charge in [0, 0.05) is 11.0 Å². The van der Waals surface area contributed by atoms with Crippen molar-refractivity contribution in [1.29, 1.82) is 0 Å². The maximum Gasteiger partial charge on any atom is 0.404 e. The predicted octanol–water partition coefficient (Wildman–Crippen LogP) is 4.31. The Kier molecular flexibility index (Phi) is 7.43. The van der Waals surface area contributed by atoms with E-state index in [1.54, 1.807) is 6.92 Å². The second kappa shape index (κ2) is 9.15. The molecule has 0 spiro atoms. The molecule has 0 unspecified atom stereocenters. The number of hydrogen-bond acceptors (Lipinski definition) is 1. The summed E-state index contributed by atoms with van der Waals surface area (Å²) in [7, 11) is 0. The summed E-state index contributed by atoms with van der Waals surface area (Å²) in [5, 5.41) is 9.93. The summed E-state index contributed by atoms with van der Waals surface area (Å²) in [6.45, 7) is 2.21. The quantitative estimate of drug-likeness (QED) is 0.877. The molecule has 0 aliphatic heterocycles. The molecular formula is C16H18BrNO2. The Morgan fingerprint density at radius 1 is 1.10 bits per heavy atom. The van der Waals surface area contributed by atoms with Gasteiger partial charge in [0.05, 0.1) is 0 Å². The van der Waals surface area contributed by atoms with Gasteiger partial charge in [0.1, 0.15) is 0 Å². The molecule has 0 heterocycles. The number of benzene rings is 2. The van der Waals surface area contributed by atoms with Crippen molar-refractivity contribution < 1.29 is 9.90 Å². The Hall–Kier alpha value is -1.81. The van der Waals surface area contributed by atoms with Crippen molar-refractivity contribution in [2.24, 2.45) is 0 Å². The SMILES string of the molecule is Brc1ccccc1Cc1ccccc1.CCNC(=O)O. The molecule has 2 aromatic carbocycles. The first-order valence-corrected chi connectivity index (χ1v) is 7.17. The number of hydrogen-bond donors (Lipinski definition) is 2. The van der Waals surface area contributed by atoms with Gasteiger partial charge in [0.25, 0.3) is 0 Å². The Morgan fingerprint density at radius 3 is 2.20 bits per heavy atom. The molecule has 0 radical (unpaired) electrons. The lowest BCUT2D eigenvalue weighted by Crippen LogP contribution is -2.19. The van der Waals surface area contributed by atoms with Crippen LogP contribution in [0.25, 0.3) is 0 Å². The minimum Gasteiger partial charge on any atom is -0.465 e. The molecule has 0 fully saturated rings. The molecule has 2 aromatic rings. The predicted molar refractivity (Wildman–Crippen MR) is 85.1 cm³/mol. The molecule has 0 saturated heterocycles. The monoisotopic (exact) mass is 335 g/mol. The number of halogens is 1. The second-order valence-electron chi connectivity index (χ2n) is 4.09. The number of rotatable bonds is 3. The fraction of sp³-hybridized carbons (Fsp3) is 0.188. The van der Waals surface area contributed by atoms with Crippen molar-refractivity contribution in [1.82, 2.24) is 5.32 Å². The first-order chi connectivity index (χ1) is 9.63. The fourth-order valence-electron chi connectivity index (χ4n) is 1.61. The van der Waals surface area contributed by atoms with Gasteiger partial charge >= 0.3 is 6.09 Å². The van der Waals surface area contributed by atoms with Crippen LogP contribution >= 0.6 is 15.9 Å². The van der Waals surface area contributed by atoms with Gasteiger partial charge in [-0.3, -0.25) is 0 Å². The Labute approximate surface area is 127 Å². The van der Waals surface area contributed by atoms with Gasteiger partial charge in [0.15, 0.2) is 0 Å². The van der Waals surface area contributed by atoms with E-state index in [0.29, 0.717) is 6.54 Å². The maximum absolute atomic E-state index is 9.49. The third-order valence-corrected chi connectivity index (χ3v) is 3.30. The highest BCUT2D eigenvalue weighted by atomic mass is 79.9. The van der Waals surface area contributed by atoms with Crippen molar-refractivity contribution in [3.63, 3.8) is 0 Å². The van der Waals surface area contributed by atoms with E-state index in [1.807, 2.05) is 12.1 Å². The van der Waals surface area contributed by atoms with Gasteiger partial charge in [-0.2, -0.15) is 0 Å². The van der Waals surface area contributed by atoms with Crippen molar-refractivity contribution in [3.8, 4) is 0 Å². The van der Waals surface area contributed by atoms with E-state index in [4.69, 9.17) is 5.11 Å². The van der Waals surface area contributed by atoms with E-state index >= 15 is 0 Å². The van der Waals surface area contributed by atoms with E-state index in [-0.39, 0.29) is 0 Å². The maximum atomic E-state index is 9.49. The summed E-state index contributed by atoms with van der Waals surface area (Å²) in [6, 6.07) is 18.8. The third-order valence-electron chi connectivity index (χ3n) is 2.52. The number of amides is 1. The normalized spacial score (nSPS) is 9.30. The smallest absolute Gasteiger partial charge is 0.404 e. The Morgan fingerprint density at radius 2 is 1.70 bits per heavy atom. The van der Waals surface area contributed by atoms with Gasteiger partial charge in [-0.15, -0.1) is 0 Å². The topological polar surface area (TPSA) is 49.3 Å². The summed E-state index contributed by atoms with van der Waals surface area (Å²) in [5.74, 6) is 0. The Balaban J connectivity index is 0.000000286. The van der Waals surface area contributed by atoms with E-state index in [9.17, 15) is 4.79 Å². The molecule has 0 aliphatic carbocycles. The molecule has 2 N–H and O–H groups in total. The van der Waals surface area contributed by atoms with E-state index in [1.165, 1.54) is 15.6 Å². The average Bonchev–Trinajstić information content (AvgIpc) is 2.43. The molecule has 1 amide bonds. The molecule has 0 bridgehead atoms. The average molecular weight is 336 g/mol. The van der Waals surface area contributed by atoms with Crippen LogP contribution in [0, 0.1) is 0 Å². The molecule has 2 rings (SSSR count). The van der Waals surface area contributed by atoms with Crippen LogP contribution in [0.1, 0.15) is 18.1 Å². The summed E-state index contributed by atoms with van der Waals surface area (Å²) < 4.78 is 1.18. The van der Waals surface area contributed by atoms with E-state index in [0.717, 1.165) is 6.42 Å². The molecule has 106 valence electrons. The molecule has 0 aromatic heterocycles. The number of nitrogens with one attached hydrogen (secondary N) is 1. The van der Waals surface area contributed by atoms with Crippen LogP contribution in [0.4, 0.5) is 4.79 Å². The van der Waals surface area contributed by atoms with Crippen LogP contribution in [0.15, 0.2) is 59.1 Å². The third kappa shape index (κ3) is 6.38. The molecule has 0 aliphatic rings. The van der Waals surface area contributed by atoms with Crippen molar-refractivity contribution >= 4 is 22.0 Å². The van der Waals surface area contributed by atoms with Crippen LogP contribution in [0.5, 0.6) is 0 Å². The van der Waals surface area contributed by atoms with Crippen molar-refractivity contribution in [2.75, 3.05) is 6.54 Å². The zero-order valence-electron chi connectivity index (χ0n) is 11.3. The first-order valence-electron chi connectivity index (χ1n) is 6.37. The van der Waals surface area contributed by atoms with Crippen LogP contribution < -0.4 is 5.32 Å². The minimum atomic E-state index is -0.961. The highest BCUT2D eigenvalue weighted by Crippen LogP contribution is 2.19. The number of carboxylic acid groups (broad SMARTS) is 1. The molecule has 20 heavy (non-hydrogen) atoms. The van der Waals surface area contributed by atoms with Crippen LogP contribution in [-0.4, -0.2) is 17.7 Å². The highest BCUT2D eigenvalue weighted by Gasteiger charge is 1.98. The largest absolute Gasteiger partial charge is 0.465 e. The van der Waals surface area contributed by atoms with Gasteiger partial charge < -0.3 is 10.4 Å². The summed E-state index contributed by atoms with van der Waals surface area (Å²) >= 11 is 3.55. The standard InChI is InChI=1S/C13H11Br.C3H7NO2/c14-13-9-5-4-8-12(13)10-11-6-2-1-3-7-11;1-2-4-3(5)6/h1-9H,10H2;4H,2H2,1H3,(H,5,6). The zero-order chi connectivity index (χ0) is 14.8. The number of carbonyl (C=O) groups is 1. The van der Waals surface area contributed by atoms with Crippen molar-refractivity contribution in [2.45, 2.75) is 13.3 Å². The van der Waals surface area contributed by atoms with Crippen molar-refractivity contribution in [3.05, 3.63) is 70.2 Å². The van der Waals surface area contributed by atoms with Crippen LogP contribution in [0.2, 0.25) is 0 Å². The summed E-state index contributed by atoms with van der Waals surface area (Å²) in [5.41, 5.74) is 2.68. The molecule has 3 nitrogen and oxygen atoms in total.